The van der Waals surface area contributed by atoms with Gasteiger partial charge in [0, 0.05) is 5.56 Å². The molecule has 1 aromatic carbocycles. The Morgan fingerprint density at radius 3 is 2.52 bits per heavy atom. The van der Waals surface area contributed by atoms with Gasteiger partial charge in [-0.25, -0.2) is 4.79 Å². The van der Waals surface area contributed by atoms with Crippen molar-refractivity contribution in [2.24, 2.45) is 0 Å². The molecule has 21 heavy (non-hydrogen) atoms. The van der Waals surface area contributed by atoms with Crippen molar-refractivity contribution in [2.45, 2.75) is 37.6 Å². The van der Waals surface area contributed by atoms with Crippen LogP contribution in [-0.2, 0) is 4.79 Å². The number of benzene rings is 1. The maximum atomic E-state index is 12.4. The molecule has 6 heteroatoms. The first-order valence-electron chi connectivity index (χ1n) is 7.06. The molecule has 0 spiro atoms. The normalized spacial score (nSPS) is 19.0. The monoisotopic (exact) mass is 291 g/mol. The molecule has 0 atom stereocenters. The second-order valence-corrected chi connectivity index (χ2v) is 5.47. The van der Waals surface area contributed by atoms with Gasteiger partial charge in [-0.05, 0) is 31.0 Å². The van der Waals surface area contributed by atoms with Crippen molar-refractivity contribution in [1.82, 2.24) is 5.32 Å². The molecule has 0 aromatic heterocycles. The number of carbonyl (C=O) groups excluding carboxylic acids is 1. The Balaban J connectivity index is 1.80. The number of hydrogen-bond donors (Lipinski definition) is 2. The van der Waals surface area contributed by atoms with Crippen LogP contribution in [0, 0.1) is 0 Å². The van der Waals surface area contributed by atoms with E-state index in [1.807, 2.05) is 0 Å². The Bertz CT molecular complexity index is 577. The fourth-order valence-electron chi connectivity index (χ4n) is 2.87. The van der Waals surface area contributed by atoms with Gasteiger partial charge in [-0.1, -0.05) is 19.3 Å². The predicted octanol–water partition coefficient (Wildman–Crippen LogP) is 1.93. The fraction of sp³-hybridized carbons (Fsp3) is 0.467. The maximum Gasteiger partial charge on any atom is 0.329 e. The minimum atomic E-state index is -1.15. The van der Waals surface area contributed by atoms with Crippen molar-refractivity contribution in [2.75, 3.05) is 6.79 Å². The van der Waals surface area contributed by atoms with Crippen LogP contribution < -0.4 is 14.8 Å². The molecule has 1 saturated carbocycles. The van der Waals surface area contributed by atoms with Gasteiger partial charge in [-0.2, -0.15) is 0 Å². The molecule has 1 fully saturated rings. The highest BCUT2D eigenvalue weighted by molar-refractivity contribution is 5.98. The number of amides is 1. The Labute approximate surface area is 122 Å². The van der Waals surface area contributed by atoms with Gasteiger partial charge < -0.3 is 19.9 Å². The molecule has 3 rings (SSSR count). The summed E-state index contributed by atoms with van der Waals surface area (Å²) in [5.41, 5.74) is -0.767. The Morgan fingerprint density at radius 2 is 1.81 bits per heavy atom. The molecule has 1 aromatic rings. The van der Waals surface area contributed by atoms with E-state index in [9.17, 15) is 14.7 Å². The van der Waals surface area contributed by atoms with Gasteiger partial charge in [0.25, 0.3) is 5.91 Å². The number of fused-ring (bicyclic) bond motifs is 1. The number of ether oxygens (including phenoxy) is 2. The zero-order valence-corrected chi connectivity index (χ0v) is 11.6. The third-order valence-corrected chi connectivity index (χ3v) is 4.10. The molecule has 1 heterocycles. The highest BCUT2D eigenvalue weighted by Crippen LogP contribution is 2.33. The van der Waals surface area contributed by atoms with E-state index in [-0.39, 0.29) is 6.79 Å². The number of nitrogens with one attached hydrogen (secondary N) is 1. The number of hydrogen-bond acceptors (Lipinski definition) is 4. The molecule has 0 saturated heterocycles. The van der Waals surface area contributed by atoms with E-state index in [4.69, 9.17) is 9.47 Å². The van der Waals surface area contributed by atoms with E-state index in [0.29, 0.717) is 29.9 Å². The summed E-state index contributed by atoms with van der Waals surface area (Å²) in [7, 11) is 0. The number of aliphatic carboxylic acids is 1. The zero-order valence-electron chi connectivity index (χ0n) is 11.6. The van der Waals surface area contributed by atoms with Crippen molar-refractivity contribution in [3.8, 4) is 11.5 Å². The molecule has 2 aliphatic rings. The van der Waals surface area contributed by atoms with Gasteiger partial charge in [0.05, 0.1) is 0 Å². The minimum absolute atomic E-state index is 0.138. The summed E-state index contributed by atoms with van der Waals surface area (Å²) >= 11 is 0. The molecule has 1 aliphatic carbocycles. The standard InChI is InChI=1S/C15H17NO5/c17-13(10-4-5-11-12(8-10)21-9-20-11)16-15(14(18)19)6-2-1-3-7-15/h4-5,8H,1-3,6-7,9H2,(H,16,17)(H,18,19). The van der Waals surface area contributed by atoms with Crippen LogP contribution in [0.25, 0.3) is 0 Å². The summed E-state index contributed by atoms with van der Waals surface area (Å²) in [5.74, 6) is -0.248. The first kappa shape index (κ1) is 13.7. The van der Waals surface area contributed by atoms with Crippen LogP contribution in [0.2, 0.25) is 0 Å². The van der Waals surface area contributed by atoms with Gasteiger partial charge in [-0.3, -0.25) is 4.79 Å². The third-order valence-electron chi connectivity index (χ3n) is 4.10. The van der Waals surface area contributed by atoms with Crippen LogP contribution in [0.4, 0.5) is 0 Å². The molecule has 1 aliphatic heterocycles. The lowest BCUT2D eigenvalue weighted by Crippen LogP contribution is -2.55. The summed E-state index contributed by atoms with van der Waals surface area (Å²) < 4.78 is 10.4. The van der Waals surface area contributed by atoms with Gasteiger partial charge in [0.1, 0.15) is 5.54 Å². The summed E-state index contributed by atoms with van der Waals surface area (Å²) in [6.45, 7) is 0.138. The fourth-order valence-corrected chi connectivity index (χ4v) is 2.87. The van der Waals surface area contributed by atoms with Crippen molar-refractivity contribution < 1.29 is 24.2 Å². The van der Waals surface area contributed by atoms with E-state index in [1.54, 1.807) is 18.2 Å². The molecule has 6 nitrogen and oxygen atoms in total. The van der Waals surface area contributed by atoms with E-state index < -0.39 is 17.4 Å². The predicted molar refractivity (Wildman–Crippen MR) is 73.5 cm³/mol. The maximum absolute atomic E-state index is 12.4. The quantitative estimate of drug-likeness (QED) is 0.889. The molecule has 0 radical (unpaired) electrons. The van der Waals surface area contributed by atoms with Crippen molar-refractivity contribution >= 4 is 11.9 Å². The molecular formula is C15H17NO5. The summed E-state index contributed by atoms with van der Waals surface area (Å²) in [4.78, 5) is 23.9. The van der Waals surface area contributed by atoms with Crippen LogP contribution in [0.1, 0.15) is 42.5 Å². The van der Waals surface area contributed by atoms with E-state index in [0.717, 1.165) is 19.3 Å². The highest BCUT2D eigenvalue weighted by Gasteiger charge is 2.41. The molecule has 1 amide bonds. The molecule has 2 N–H and O–H groups in total. The Morgan fingerprint density at radius 1 is 1.10 bits per heavy atom. The van der Waals surface area contributed by atoms with Gasteiger partial charge in [0.15, 0.2) is 11.5 Å². The van der Waals surface area contributed by atoms with Crippen LogP contribution in [0.15, 0.2) is 18.2 Å². The number of carboxylic acid groups (broad SMARTS) is 1. The van der Waals surface area contributed by atoms with Crippen molar-refractivity contribution in [3.05, 3.63) is 23.8 Å². The van der Waals surface area contributed by atoms with Crippen LogP contribution >= 0.6 is 0 Å². The first-order chi connectivity index (χ1) is 10.1. The SMILES string of the molecule is O=C(NC1(C(=O)O)CCCCC1)c1ccc2c(c1)OCO2. The molecule has 0 bridgehead atoms. The van der Waals surface area contributed by atoms with Crippen LogP contribution in [-0.4, -0.2) is 29.3 Å². The molecule has 112 valence electrons. The lowest BCUT2D eigenvalue weighted by molar-refractivity contribution is -0.145. The first-order valence-corrected chi connectivity index (χ1v) is 7.06. The second-order valence-electron chi connectivity index (χ2n) is 5.47. The summed E-state index contributed by atoms with van der Waals surface area (Å²) in [6.07, 6.45) is 3.58. The summed E-state index contributed by atoms with van der Waals surface area (Å²) in [6, 6.07) is 4.85. The summed E-state index contributed by atoms with van der Waals surface area (Å²) in [5, 5.41) is 12.2. The average Bonchev–Trinajstić information content (AvgIpc) is 2.95. The van der Waals surface area contributed by atoms with Crippen LogP contribution in [0.3, 0.4) is 0 Å². The van der Waals surface area contributed by atoms with Crippen LogP contribution in [0.5, 0.6) is 11.5 Å². The lowest BCUT2D eigenvalue weighted by atomic mass is 9.81. The van der Waals surface area contributed by atoms with Gasteiger partial charge >= 0.3 is 5.97 Å². The third kappa shape index (κ3) is 2.53. The van der Waals surface area contributed by atoms with E-state index in [1.165, 1.54) is 0 Å². The largest absolute Gasteiger partial charge is 0.480 e. The van der Waals surface area contributed by atoms with Gasteiger partial charge in [0.2, 0.25) is 6.79 Å². The Hall–Kier alpha value is -2.24. The van der Waals surface area contributed by atoms with Crippen molar-refractivity contribution in [1.29, 1.82) is 0 Å². The average molecular weight is 291 g/mol. The van der Waals surface area contributed by atoms with E-state index >= 15 is 0 Å². The smallest absolute Gasteiger partial charge is 0.329 e. The number of rotatable bonds is 3. The zero-order chi connectivity index (χ0) is 14.9. The Kier molecular flexibility index (Phi) is 3.45. The lowest BCUT2D eigenvalue weighted by Gasteiger charge is -2.34. The molecule has 0 unspecified atom stereocenters. The minimum Gasteiger partial charge on any atom is -0.480 e. The topological polar surface area (TPSA) is 84.9 Å². The van der Waals surface area contributed by atoms with Gasteiger partial charge in [-0.15, -0.1) is 0 Å². The number of carboxylic acids is 1. The second kappa shape index (κ2) is 5.27. The highest BCUT2D eigenvalue weighted by atomic mass is 16.7. The van der Waals surface area contributed by atoms with Crippen molar-refractivity contribution in [3.63, 3.8) is 0 Å². The number of carbonyl (C=O) groups is 2. The molecular weight excluding hydrogens is 274 g/mol. The van der Waals surface area contributed by atoms with E-state index in [2.05, 4.69) is 5.32 Å².